The first-order valence-electron chi connectivity index (χ1n) is 28.2. The predicted molar refractivity (Wildman–Crippen MR) is 326 cm³/mol. The third-order valence-electron chi connectivity index (χ3n) is 16.2. The van der Waals surface area contributed by atoms with Crippen LogP contribution in [0.4, 0.5) is 36.7 Å². The standard InChI is InChI=1S/C58H60F3N13O8S5/c1-6-40-45-41(18-22-62-40)84-52(69-45)44-30(4)67-55(65-25-37-38(60)8-7-9-39(37)61)72-50(44)74-58(77)21-17-34(27-86(78,79)36-14-12-35(59)13-15-36)48(58)82-51-46-42(19-23-63-51)85-53(70-46)43-29(3)66-54(64-24-32-10-11-32)71-49(43)73-57(76)20-16-33(47(57)75)26-87(80,81)56-68-28(2)31(5)83-56/h7-9,12-15,18-19,22-23,32-34,47-48,75-77H,6,10-11,16-17,20-21,24-27H2,1-5H3,(H2,64,66,71,73)(H2,65,67,72,74)/t33-,34-,47-,48-,57+,58-/m1/s1. The molecule has 3 aliphatic rings. The van der Waals surface area contributed by atoms with E-state index in [4.69, 9.17) is 29.7 Å². The highest BCUT2D eigenvalue weighted by molar-refractivity contribution is 7.93. The Hall–Kier alpha value is -7.12. The summed E-state index contributed by atoms with van der Waals surface area (Å²) < 4.78 is 108. The van der Waals surface area contributed by atoms with E-state index in [2.05, 4.69) is 41.2 Å². The van der Waals surface area contributed by atoms with Crippen LogP contribution in [-0.2, 0) is 32.6 Å². The number of fused-ring (bicyclic) bond motifs is 2. The monoisotopic (exact) mass is 1280 g/mol. The predicted octanol–water partition coefficient (Wildman–Crippen LogP) is 9.49. The van der Waals surface area contributed by atoms with E-state index in [1.807, 2.05) is 13.0 Å². The number of thiazole rings is 3. The molecule has 0 bridgehead atoms. The van der Waals surface area contributed by atoms with E-state index in [-0.39, 0.29) is 82.0 Å². The normalized spacial score (nSPS) is 21.5. The minimum atomic E-state index is -4.20. The molecule has 3 saturated carbocycles. The van der Waals surface area contributed by atoms with Crippen molar-refractivity contribution < 1.29 is 50.1 Å². The number of benzene rings is 2. The second kappa shape index (κ2) is 23.4. The molecule has 87 heavy (non-hydrogen) atoms. The fraction of sp³-hybridized carbons (Fsp3) is 0.397. The number of pyridine rings is 2. The van der Waals surface area contributed by atoms with Crippen molar-refractivity contribution in [2.45, 2.75) is 119 Å². The second-order valence-electron chi connectivity index (χ2n) is 22.4. The Morgan fingerprint density at radius 1 is 0.655 bits per heavy atom. The minimum absolute atomic E-state index is 0.0153. The number of rotatable bonds is 21. The highest BCUT2D eigenvalue weighted by Crippen LogP contribution is 2.47. The molecule has 3 fully saturated rings. The van der Waals surface area contributed by atoms with Crippen molar-refractivity contribution in [3.63, 3.8) is 0 Å². The summed E-state index contributed by atoms with van der Waals surface area (Å²) in [6.07, 6.45) is 2.79. The molecule has 456 valence electrons. The van der Waals surface area contributed by atoms with Gasteiger partial charge in [0, 0.05) is 47.8 Å². The van der Waals surface area contributed by atoms with Crippen LogP contribution in [0.2, 0.25) is 0 Å². The molecule has 3 aliphatic carbocycles. The SMILES string of the molecule is CCc1nccc2sc(-c3c(C)nc(NCc4c(F)cccc4F)nc3N[C@@]3(O)CC[C@H](CS(=O)(=O)c4ccc(F)cc4)[C@H]3Oc3nccc4sc(-c5c(C)nc(NCC6CC6)nc5N[C@]5(O)CC[C@H](CS(=O)(=O)c6nc(C)c(C)s6)[C@H]5O)nc34)nc12. The molecule has 2 aromatic carbocycles. The van der Waals surface area contributed by atoms with Crippen LogP contribution < -0.4 is 26.0 Å². The Labute approximate surface area is 510 Å². The van der Waals surface area contributed by atoms with Gasteiger partial charge < -0.3 is 41.3 Å². The number of aliphatic hydroxyl groups is 3. The van der Waals surface area contributed by atoms with Gasteiger partial charge in [0.25, 0.3) is 0 Å². The number of hydrogen-bond donors (Lipinski definition) is 7. The number of aryl methyl sites for hydroxylation is 5. The van der Waals surface area contributed by atoms with Crippen LogP contribution in [0.5, 0.6) is 5.88 Å². The van der Waals surface area contributed by atoms with Crippen molar-refractivity contribution in [3.8, 4) is 27.0 Å². The summed E-state index contributed by atoms with van der Waals surface area (Å²) in [7, 11) is -8.14. The summed E-state index contributed by atoms with van der Waals surface area (Å²) >= 11 is 3.57. The number of aromatic nitrogens is 9. The zero-order valence-electron chi connectivity index (χ0n) is 47.6. The fourth-order valence-electron chi connectivity index (χ4n) is 11.2. The number of anilines is 4. The highest BCUT2D eigenvalue weighted by Gasteiger charge is 2.53. The average molecular weight is 1280 g/mol. The lowest BCUT2D eigenvalue weighted by molar-refractivity contribution is -0.0442. The number of aliphatic hydroxyl groups excluding tert-OH is 1. The topological polar surface area (TPSA) is 302 Å². The third-order valence-corrected chi connectivity index (χ3v) is 23.5. The Bertz CT molecular complexity index is 4320. The maximum absolute atomic E-state index is 15.0. The quantitative estimate of drug-likeness (QED) is 0.0260. The second-order valence-corrected chi connectivity index (χ2v) is 29.9. The van der Waals surface area contributed by atoms with Crippen LogP contribution in [0, 0.1) is 62.9 Å². The van der Waals surface area contributed by atoms with Gasteiger partial charge in [0.05, 0.1) is 59.7 Å². The van der Waals surface area contributed by atoms with Crippen LogP contribution in [-0.4, -0.2) is 119 Å². The molecule has 0 saturated heterocycles. The largest absolute Gasteiger partial charge is 0.467 e. The van der Waals surface area contributed by atoms with Gasteiger partial charge in [0.15, 0.2) is 27.4 Å². The van der Waals surface area contributed by atoms with Crippen molar-refractivity contribution in [1.29, 1.82) is 0 Å². The van der Waals surface area contributed by atoms with Crippen LogP contribution in [0.3, 0.4) is 0 Å². The van der Waals surface area contributed by atoms with E-state index in [0.717, 1.165) is 63.7 Å². The van der Waals surface area contributed by atoms with Crippen LogP contribution >= 0.6 is 34.0 Å². The molecule has 29 heteroatoms. The van der Waals surface area contributed by atoms with Crippen LogP contribution in [0.15, 0.2) is 76.2 Å². The molecular weight excluding hydrogens is 1220 g/mol. The van der Waals surface area contributed by atoms with Gasteiger partial charge in [0.1, 0.15) is 56.2 Å². The zero-order chi connectivity index (χ0) is 61.3. The molecule has 7 N–H and O–H groups in total. The maximum Gasteiger partial charge on any atom is 0.241 e. The Balaban J connectivity index is 0.921. The summed E-state index contributed by atoms with van der Waals surface area (Å²) in [4.78, 5) is 43.2. The lowest BCUT2D eigenvalue weighted by Crippen LogP contribution is -2.51. The third kappa shape index (κ3) is 12.2. The number of nitrogens with zero attached hydrogens (tertiary/aromatic N) is 9. The number of sulfone groups is 2. The highest BCUT2D eigenvalue weighted by atomic mass is 32.2. The molecule has 7 heterocycles. The van der Waals surface area contributed by atoms with E-state index >= 15 is 0 Å². The van der Waals surface area contributed by atoms with Gasteiger partial charge in [-0.05, 0) is 127 Å². The molecule has 0 spiro atoms. The first-order chi connectivity index (χ1) is 41.5. The Morgan fingerprint density at radius 2 is 1.24 bits per heavy atom. The van der Waals surface area contributed by atoms with E-state index in [1.54, 1.807) is 40.0 Å². The lowest BCUT2D eigenvalue weighted by Gasteiger charge is -2.34. The molecule has 6 atom stereocenters. The molecule has 9 aromatic rings. The molecule has 12 rings (SSSR count). The minimum Gasteiger partial charge on any atom is -0.467 e. The van der Waals surface area contributed by atoms with Gasteiger partial charge in [-0.2, -0.15) is 9.97 Å². The van der Waals surface area contributed by atoms with E-state index in [1.165, 1.54) is 47.1 Å². The van der Waals surface area contributed by atoms with Crippen LogP contribution in [0.1, 0.15) is 78.7 Å². The maximum atomic E-state index is 15.0. The summed E-state index contributed by atoms with van der Waals surface area (Å²) in [5, 5.41) is 50.7. The van der Waals surface area contributed by atoms with Gasteiger partial charge in [-0.25, -0.2) is 59.9 Å². The number of halogens is 3. The van der Waals surface area contributed by atoms with Crippen molar-refractivity contribution >= 4 is 97.7 Å². The number of nitrogens with one attached hydrogen (secondary N) is 4. The van der Waals surface area contributed by atoms with Gasteiger partial charge in [-0.15, -0.1) is 34.0 Å². The molecule has 0 aliphatic heterocycles. The lowest BCUT2D eigenvalue weighted by atomic mass is 10.0. The first kappa shape index (κ1) is 60.2. The van der Waals surface area contributed by atoms with Crippen molar-refractivity contribution in [1.82, 2.24) is 44.9 Å². The first-order valence-corrected chi connectivity index (χ1v) is 33.9. The van der Waals surface area contributed by atoms with Gasteiger partial charge in [-0.1, -0.05) is 13.0 Å². The van der Waals surface area contributed by atoms with Gasteiger partial charge >= 0.3 is 0 Å². The van der Waals surface area contributed by atoms with Gasteiger partial charge in [0.2, 0.25) is 32.0 Å². The van der Waals surface area contributed by atoms with Crippen molar-refractivity contribution in [2.75, 3.05) is 39.3 Å². The summed E-state index contributed by atoms with van der Waals surface area (Å²) in [6, 6.07) is 11.4. The molecule has 21 nitrogen and oxygen atoms in total. The molecular formula is C58H60F3N13O8S5. The molecule has 0 radical (unpaired) electrons. The smallest absolute Gasteiger partial charge is 0.241 e. The zero-order valence-corrected chi connectivity index (χ0v) is 51.7. The Morgan fingerprint density at radius 3 is 1.87 bits per heavy atom. The van der Waals surface area contributed by atoms with E-state index in [9.17, 15) is 45.3 Å². The number of ether oxygens (including phenoxy) is 1. The number of hydrogen-bond acceptors (Lipinski definition) is 24. The van der Waals surface area contributed by atoms with E-state index in [0.29, 0.717) is 67.3 Å². The Kier molecular flexibility index (Phi) is 16.2. The summed E-state index contributed by atoms with van der Waals surface area (Å²) in [5.74, 6) is -4.53. The average Bonchev–Trinajstić information content (AvgIpc) is 1.84. The van der Waals surface area contributed by atoms with Crippen molar-refractivity contribution in [3.05, 3.63) is 118 Å². The van der Waals surface area contributed by atoms with E-state index < -0.39 is 84.1 Å². The van der Waals surface area contributed by atoms with Crippen LogP contribution in [0.25, 0.3) is 41.6 Å². The van der Waals surface area contributed by atoms with Gasteiger partial charge in [-0.3, -0.25) is 4.98 Å². The molecule has 0 unspecified atom stereocenters. The van der Waals surface area contributed by atoms with Crippen molar-refractivity contribution in [2.24, 2.45) is 17.8 Å². The molecule has 0 amide bonds. The molecule has 7 aromatic heterocycles. The summed E-state index contributed by atoms with van der Waals surface area (Å²) in [5.41, 5.74) is -0.889. The summed E-state index contributed by atoms with van der Waals surface area (Å²) in [6.45, 7) is 9.13. The fourth-order valence-corrected chi connectivity index (χ4v) is 18.0.